The number of nitrogens with zero attached hydrogens (tertiary/aromatic N) is 3. The minimum atomic E-state index is -0.161. The maximum absolute atomic E-state index is 10.2. The van der Waals surface area contributed by atoms with Gasteiger partial charge in [-0.15, -0.1) is 0 Å². The molecule has 9 aromatic carbocycles. The van der Waals surface area contributed by atoms with Crippen molar-refractivity contribution in [1.29, 1.82) is 5.26 Å². The Morgan fingerprint density at radius 1 is 0.507 bits per heavy atom. The Kier molecular flexibility index (Phi) is 7.57. The van der Waals surface area contributed by atoms with Gasteiger partial charge >= 0.3 is 6.85 Å². The highest BCUT2D eigenvalue weighted by atomic mass is 16.3. The van der Waals surface area contributed by atoms with E-state index in [0.29, 0.717) is 5.56 Å². The lowest BCUT2D eigenvalue weighted by molar-refractivity contribution is 0.673. The summed E-state index contributed by atoms with van der Waals surface area (Å²) >= 11 is 0. The van der Waals surface area contributed by atoms with Crippen molar-refractivity contribution in [3.63, 3.8) is 0 Å². The first kappa shape index (κ1) is 38.2. The second-order valence-electron chi connectivity index (χ2n) is 19.5. The van der Waals surface area contributed by atoms with E-state index in [4.69, 9.17) is 4.42 Å². The lowest BCUT2D eigenvalue weighted by Gasteiger charge is -2.36. The van der Waals surface area contributed by atoms with Crippen LogP contribution in [0.25, 0.3) is 116 Å². The lowest BCUT2D eigenvalue weighted by Crippen LogP contribution is -2.55. The van der Waals surface area contributed by atoms with Crippen molar-refractivity contribution >= 4 is 83.3 Å². The van der Waals surface area contributed by atoms with Crippen LogP contribution in [-0.4, -0.2) is 15.9 Å². The lowest BCUT2D eigenvalue weighted by atomic mass is 9.45. The van der Waals surface area contributed by atoms with E-state index in [2.05, 4.69) is 191 Å². The van der Waals surface area contributed by atoms with Gasteiger partial charge in [0.25, 0.3) is 0 Å². The summed E-state index contributed by atoms with van der Waals surface area (Å²) in [5, 5.41) is 17.3. The van der Waals surface area contributed by atoms with Crippen molar-refractivity contribution in [1.82, 2.24) is 9.05 Å². The predicted molar refractivity (Wildman–Crippen MR) is 281 cm³/mol. The van der Waals surface area contributed by atoms with Gasteiger partial charge in [-0.3, -0.25) is 0 Å². The van der Waals surface area contributed by atoms with Crippen molar-refractivity contribution in [2.45, 2.75) is 48.5 Å². The number of aromatic nitrogens is 2. The number of para-hydroxylation sites is 2. The molecule has 5 heterocycles. The third-order valence-electron chi connectivity index (χ3n) is 15.4. The SMILES string of the molecule is Cc1cc(C)c(-c2ccc3c(c2)c2cc(-c4c(C)cc(C)cc4C)cc4c2n3-c2cc(-c3cccc(C#N)c3)c(C)c3c2B4n2c4ccccc4c4c5oc6ccccc6c5cc-3c42)c(C)c1. The standard InChI is InChI=1S/C62H44BN3O/c1-32-21-34(3)55(35(4)22-32)41-19-20-51-46(26-41)47-27-42(56-36(5)23-33(2)24-37(56)6)28-50-60(47)65(51)53-30-45(40-14-12-13-39(25-40)31-64)38(7)57-49-29-48-43-15-9-11-18-54(43)67-62(48)58-44-16-8-10-17-52(44)66(61(49)58)63(50)59(53)57/h8-30H,1-7H3. The van der Waals surface area contributed by atoms with Gasteiger partial charge in [-0.1, -0.05) is 96.1 Å². The van der Waals surface area contributed by atoms with Gasteiger partial charge in [0.05, 0.1) is 28.1 Å². The third kappa shape index (κ3) is 4.97. The molecule has 0 fully saturated rings. The fourth-order valence-corrected chi connectivity index (χ4v) is 13.1. The average Bonchev–Trinajstić information content (AvgIpc) is 3.97. The summed E-state index contributed by atoms with van der Waals surface area (Å²) < 4.78 is 12.2. The van der Waals surface area contributed by atoms with Gasteiger partial charge in [0, 0.05) is 49.2 Å². The quantitative estimate of drug-likeness (QED) is 0.166. The number of nitriles is 1. The van der Waals surface area contributed by atoms with Crippen LogP contribution in [0.1, 0.15) is 44.5 Å². The van der Waals surface area contributed by atoms with Crippen LogP contribution in [0, 0.1) is 59.8 Å². The van der Waals surface area contributed by atoms with Crippen LogP contribution < -0.4 is 10.9 Å². The van der Waals surface area contributed by atoms with Gasteiger partial charge in [-0.25, -0.2) is 0 Å². The number of hydrogen-bond donors (Lipinski definition) is 0. The Hall–Kier alpha value is -8.07. The molecule has 12 aromatic rings. The molecule has 3 aromatic heterocycles. The van der Waals surface area contributed by atoms with E-state index in [1.54, 1.807) is 0 Å². The Morgan fingerprint density at radius 3 is 1.94 bits per heavy atom. The monoisotopic (exact) mass is 857 g/mol. The van der Waals surface area contributed by atoms with Gasteiger partial charge in [-0.2, -0.15) is 5.26 Å². The molecule has 0 bridgehead atoms. The molecule has 0 spiro atoms. The van der Waals surface area contributed by atoms with E-state index in [1.165, 1.54) is 127 Å². The molecule has 0 N–H and O–H groups in total. The van der Waals surface area contributed by atoms with Crippen LogP contribution in [0.3, 0.4) is 0 Å². The molecule has 5 heteroatoms. The largest absolute Gasteiger partial charge is 0.455 e. The van der Waals surface area contributed by atoms with E-state index in [9.17, 15) is 5.26 Å². The van der Waals surface area contributed by atoms with Gasteiger partial charge in [0.1, 0.15) is 11.2 Å². The Balaban J connectivity index is 1.22. The zero-order valence-corrected chi connectivity index (χ0v) is 38.6. The van der Waals surface area contributed by atoms with Gasteiger partial charge < -0.3 is 13.5 Å². The molecular formula is C62H44BN3O. The Labute approximate surface area is 389 Å². The molecule has 4 nitrogen and oxygen atoms in total. The molecule has 316 valence electrons. The van der Waals surface area contributed by atoms with Crippen LogP contribution in [0.2, 0.25) is 0 Å². The summed E-state index contributed by atoms with van der Waals surface area (Å²) in [6.45, 7) is 15.6. The fraction of sp³-hybridized carbons (Fsp3) is 0.113. The van der Waals surface area contributed by atoms with Crippen LogP contribution in [-0.2, 0) is 0 Å². The van der Waals surface area contributed by atoms with E-state index < -0.39 is 0 Å². The first-order valence-corrected chi connectivity index (χ1v) is 23.4. The number of benzene rings is 9. The number of rotatable bonds is 3. The van der Waals surface area contributed by atoms with Crippen molar-refractivity contribution in [3.05, 3.63) is 184 Å². The van der Waals surface area contributed by atoms with Crippen LogP contribution in [0.5, 0.6) is 0 Å². The maximum atomic E-state index is 10.2. The molecule has 0 unspecified atom stereocenters. The van der Waals surface area contributed by atoms with E-state index in [0.717, 1.165) is 38.5 Å². The van der Waals surface area contributed by atoms with Gasteiger partial charge in [0.2, 0.25) is 0 Å². The molecular weight excluding hydrogens is 814 g/mol. The second kappa shape index (κ2) is 13.3. The minimum Gasteiger partial charge on any atom is -0.455 e. The zero-order valence-electron chi connectivity index (χ0n) is 38.6. The van der Waals surface area contributed by atoms with E-state index in [-0.39, 0.29) is 6.85 Å². The first-order valence-electron chi connectivity index (χ1n) is 23.4. The smallest absolute Gasteiger partial charge is 0.333 e. The van der Waals surface area contributed by atoms with E-state index >= 15 is 0 Å². The maximum Gasteiger partial charge on any atom is 0.333 e. The summed E-state index contributed by atoms with van der Waals surface area (Å²) in [5.74, 6) is 0. The molecule has 2 aliphatic rings. The molecule has 0 saturated heterocycles. The molecule has 0 amide bonds. The van der Waals surface area contributed by atoms with Gasteiger partial charge in [-0.05, 0) is 181 Å². The number of furan rings is 1. The zero-order chi connectivity index (χ0) is 45.3. The molecule has 14 rings (SSSR count). The first-order chi connectivity index (χ1) is 32.6. The second-order valence-corrected chi connectivity index (χ2v) is 19.5. The topological polar surface area (TPSA) is 46.8 Å². The Bertz CT molecular complexity index is 4270. The highest BCUT2D eigenvalue weighted by molar-refractivity contribution is 6.90. The number of fused-ring (bicyclic) bond motifs is 14. The third-order valence-corrected chi connectivity index (χ3v) is 15.4. The summed E-state index contributed by atoms with van der Waals surface area (Å²) in [4.78, 5) is 0. The highest BCUT2D eigenvalue weighted by Gasteiger charge is 2.44. The van der Waals surface area contributed by atoms with Crippen LogP contribution in [0.15, 0.2) is 144 Å². The fourth-order valence-electron chi connectivity index (χ4n) is 13.1. The highest BCUT2D eigenvalue weighted by Crippen LogP contribution is 2.50. The molecule has 0 aliphatic carbocycles. The van der Waals surface area contributed by atoms with Crippen molar-refractivity contribution in [2.75, 3.05) is 0 Å². The minimum absolute atomic E-state index is 0.161. The summed E-state index contributed by atoms with van der Waals surface area (Å²) in [7, 11) is 0. The van der Waals surface area contributed by atoms with Crippen molar-refractivity contribution in [3.8, 4) is 56.3 Å². The van der Waals surface area contributed by atoms with Crippen LogP contribution in [0.4, 0.5) is 0 Å². The van der Waals surface area contributed by atoms with Crippen molar-refractivity contribution in [2.24, 2.45) is 0 Å². The Morgan fingerprint density at radius 2 is 1.19 bits per heavy atom. The average molecular weight is 858 g/mol. The van der Waals surface area contributed by atoms with E-state index in [1.807, 2.05) is 12.1 Å². The normalized spacial score (nSPS) is 12.7. The summed E-state index contributed by atoms with van der Waals surface area (Å²) in [6, 6.07) is 54.3. The van der Waals surface area contributed by atoms with Gasteiger partial charge in [0.15, 0.2) is 0 Å². The summed E-state index contributed by atoms with van der Waals surface area (Å²) in [5.41, 5.74) is 29.6. The van der Waals surface area contributed by atoms with Crippen LogP contribution >= 0.6 is 0 Å². The van der Waals surface area contributed by atoms with Crippen molar-refractivity contribution < 1.29 is 4.42 Å². The summed E-state index contributed by atoms with van der Waals surface area (Å²) in [6.07, 6.45) is 0. The number of hydrogen-bond acceptors (Lipinski definition) is 2. The molecule has 0 atom stereocenters. The molecule has 0 saturated carbocycles. The predicted octanol–water partition coefficient (Wildman–Crippen LogP) is 14.8. The molecule has 67 heavy (non-hydrogen) atoms. The number of aryl methyl sites for hydroxylation is 6. The molecule has 2 aliphatic heterocycles. The molecule has 0 radical (unpaired) electrons.